The van der Waals surface area contributed by atoms with Gasteiger partial charge in [-0.1, -0.05) is 6.07 Å². The Morgan fingerprint density at radius 2 is 1.86 bits per heavy atom. The van der Waals surface area contributed by atoms with Gasteiger partial charge in [-0.25, -0.2) is 4.98 Å². The number of nitrogens with zero attached hydrogens (tertiary/aromatic N) is 3. The Kier molecular flexibility index (Phi) is 14.7. The Bertz CT molecular complexity index is 596. The summed E-state index contributed by atoms with van der Waals surface area (Å²) < 4.78 is 0. The first kappa shape index (κ1) is 27.6. The third-order valence-corrected chi connectivity index (χ3v) is 4.34. The number of aliphatic imine (C=N–C) groups is 1. The van der Waals surface area contributed by atoms with Crippen LogP contribution in [0.15, 0.2) is 23.3 Å². The molecule has 1 amide bonds. The first-order valence-corrected chi connectivity index (χ1v) is 10.3. The van der Waals surface area contributed by atoms with Gasteiger partial charge in [0.2, 0.25) is 5.91 Å². The molecule has 0 aliphatic carbocycles. The topological polar surface area (TPSA) is 81.7 Å². The molecule has 0 aliphatic heterocycles. The standard InChI is InChI=1S/C21H38N6O.HI/c1-7-22-21(23-12-8-14-27(16(2)3)17(4)5)24-13-11-20(28)26-19-10-9-18(6)15-25-19;/h9-10,15-17H,7-8,11-14H2,1-6H3,(H2,22,23,24)(H,25,26,28);1H. The maximum Gasteiger partial charge on any atom is 0.227 e. The maximum atomic E-state index is 12.0. The highest BCUT2D eigenvalue weighted by atomic mass is 127. The summed E-state index contributed by atoms with van der Waals surface area (Å²) in [4.78, 5) is 23.3. The van der Waals surface area contributed by atoms with Gasteiger partial charge in [0.05, 0.1) is 0 Å². The summed E-state index contributed by atoms with van der Waals surface area (Å²) in [5, 5.41) is 9.26. The molecular weight excluding hydrogens is 479 g/mol. The van der Waals surface area contributed by atoms with E-state index in [9.17, 15) is 4.79 Å². The summed E-state index contributed by atoms with van der Waals surface area (Å²) in [6, 6.07) is 4.81. The number of hydrogen-bond donors (Lipinski definition) is 3. The van der Waals surface area contributed by atoms with Gasteiger partial charge in [0.25, 0.3) is 0 Å². The lowest BCUT2D eigenvalue weighted by Gasteiger charge is -2.30. The van der Waals surface area contributed by atoms with Gasteiger partial charge in [-0.05, 0) is 59.6 Å². The number of pyridine rings is 1. The van der Waals surface area contributed by atoms with E-state index >= 15 is 0 Å². The number of nitrogens with one attached hydrogen (secondary N) is 3. The zero-order valence-corrected chi connectivity index (χ0v) is 21.1. The van der Waals surface area contributed by atoms with Crippen molar-refractivity contribution in [2.75, 3.05) is 31.5 Å². The Morgan fingerprint density at radius 1 is 1.17 bits per heavy atom. The van der Waals surface area contributed by atoms with Crippen molar-refractivity contribution < 1.29 is 4.79 Å². The fourth-order valence-electron chi connectivity index (χ4n) is 2.94. The normalized spacial score (nSPS) is 11.6. The maximum absolute atomic E-state index is 12.0. The highest BCUT2D eigenvalue weighted by Gasteiger charge is 2.12. The molecule has 0 atom stereocenters. The minimum Gasteiger partial charge on any atom is -0.357 e. The molecule has 0 saturated carbocycles. The molecule has 166 valence electrons. The van der Waals surface area contributed by atoms with E-state index in [2.05, 4.69) is 58.5 Å². The van der Waals surface area contributed by atoms with Crippen molar-refractivity contribution >= 4 is 41.7 Å². The molecule has 1 heterocycles. The molecule has 1 rings (SSSR count). The van der Waals surface area contributed by atoms with Gasteiger partial charge in [0, 0.05) is 50.9 Å². The minimum absolute atomic E-state index is 0. The Hall–Kier alpha value is -1.42. The van der Waals surface area contributed by atoms with E-state index in [1.165, 1.54) is 0 Å². The second-order valence-corrected chi connectivity index (χ2v) is 7.49. The molecule has 1 aromatic heterocycles. The van der Waals surface area contributed by atoms with Crippen LogP contribution in [0, 0.1) is 6.92 Å². The lowest BCUT2D eigenvalue weighted by atomic mass is 10.2. The van der Waals surface area contributed by atoms with Crippen LogP contribution in [0.2, 0.25) is 0 Å². The monoisotopic (exact) mass is 518 g/mol. The zero-order chi connectivity index (χ0) is 20.9. The van der Waals surface area contributed by atoms with Crippen LogP contribution in [0.5, 0.6) is 0 Å². The highest BCUT2D eigenvalue weighted by Crippen LogP contribution is 2.06. The third kappa shape index (κ3) is 12.0. The summed E-state index contributed by atoms with van der Waals surface area (Å²) >= 11 is 0. The number of aromatic nitrogens is 1. The number of guanidine groups is 1. The van der Waals surface area contributed by atoms with Crippen LogP contribution in [-0.4, -0.2) is 60.0 Å². The van der Waals surface area contributed by atoms with Crippen LogP contribution in [0.3, 0.4) is 0 Å². The molecule has 1 aromatic rings. The second-order valence-electron chi connectivity index (χ2n) is 7.49. The van der Waals surface area contributed by atoms with Crippen molar-refractivity contribution in [3.8, 4) is 0 Å². The number of amides is 1. The van der Waals surface area contributed by atoms with Gasteiger partial charge in [0.15, 0.2) is 5.96 Å². The highest BCUT2D eigenvalue weighted by molar-refractivity contribution is 14.0. The Balaban J connectivity index is 0.00000784. The number of rotatable bonds is 11. The molecule has 29 heavy (non-hydrogen) atoms. The predicted octanol–water partition coefficient (Wildman–Crippen LogP) is 3.40. The molecule has 3 N–H and O–H groups in total. The van der Waals surface area contributed by atoms with Gasteiger partial charge < -0.3 is 16.0 Å². The summed E-state index contributed by atoms with van der Waals surface area (Å²) in [5.41, 5.74) is 1.07. The molecular formula is C21H39IN6O. The largest absolute Gasteiger partial charge is 0.357 e. The number of aryl methyl sites for hydroxylation is 1. The van der Waals surface area contributed by atoms with Crippen molar-refractivity contribution in [2.24, 2.45) is 4.99 Å². The van der Waals surface area contributed by atoms with Crippen molar-refractivity contribution in [2.45, 2.75) is 66.5 Å². The number of anilines is 1. The van der Waals surface area contributed by atoms with Gasteiger partial charge in [-0.15, -0.1) is 24.0 Å². The zero-order valence-electron chi connectivity index (χ0n) is 18.8. The van der Waals surface area contributed by atoms with Crippen molar-refractivity contribution in [1.29, 1.82) is 0 Å². The average Bonchev–Trinajstić information content (AvgIpc) is 2.62. The summed E-state index contributed by atoms with van der Waals surface area (Å²) in [6.45, 7) is 16.0. The molecule has 0 radical (unpaired) electrons. The summed E-state index contributed by atoms with van der Waals surface area (Å²) in [7, 11) is 0. The third-order valence-electron chi connectivity index (χ3n) is 4.34. The smallest absolute Gasteiger partial charge is 0.227 e. The lowest BCUT2D eigenvalue weighted by Crippen LogP contribution is -2.39. The quantitative estimate of drug-likeness (QED) is 0.181. The fourth-order valence-corrected chi connectivity index (χ4v) is 2.94. The van der Waals surface area contributed by atoms with E-state index in [1.54, 1.807) is 6.20 Å². The van der Waals surface area contributed by atoms with E-state index in [0.29, 0.717) is 30.9 Å². The van der Waals surface area contributed by atoms with Crippen LogP contribution in [0.25, 0.3) is 0 Å². The molecule has 7 nitrogen and oxygen atoms in total. The van der Waals surface area contributed by atoms with E-state index in [-0.39, 0.29) is 29.9 Å². The minimum atomic E-state index is -0.0655. The molecule has 0 bridgehead atoms. The SMILES string of the molecule is CCNC(=NCCCN(C(C)C)C(C)C)NCCC(=O)Nc1ccc(C)cn1.I. The van der Waals surface area contributed by atoms with E-state index < -0.39 is 0 Å². The summed E-state index contributed by atoms with van der Waals surface area (Å²) in [6.07, 6.45) is 3.10. The first-order chi connectivity index (χ1) is 13.3. The lowest BCUT2D eigenvalue weighted by molar-refractivity contribution is -0.116. The average molecular weight is 518 g/mol. The molecule has 0 unspecified atom stereocenters. The molecule has 0 spiro atoms. The van der Waals surface area contributed by atoms with Crippen LogP contribution >= 0.6 is 24.0 Å². The Morgan fingerprint density at radius 3 is 2.41 bits per heavy atom. The number of halogens is 1. The van der Waals surface area contributed by atoms with Crippen LogP contribution in [-0.2, 0) is 4.79 Å². The van der Waals surface area contributed by atoms with Crippen LogP contribution < -0.4 is 16.0 Å². The van der Waals surface area contributed by atoms with Gasteiger partial charge >= 0.3 is 0 Å². The molecule has 8 heteroatoms. The van der Waals surface area contributed by atoms with Crippen LogP contribution in [0.4, 0.5) is 5.82 Å². The van der Waals surface area contributed by atoms with Crippen molar-refractivity contribution in [1.82, 2.24) is 20.5 Å². The van der Waals surface area contributed by atoms with E-state index in [1.807, 2.05) is 26.0 Å². The Labute approximate surface area is 193 Å². The van der Waals surface area contributed by atoms with E-state index in [0.717, 1.165) is 37.6 Å². The summed E-state index contributed by atoms with van der Waals surface area (Å²) in [5.74, 6) is 1.27. The second kappa shape index (κ2) is 15.4. The van der Waals surface area contributed by atoms with Gasteiger partial charge in [-0.3, -0.25) is 14.7 Å². The number of carbonyl (C=O) groups is 1. The number of carbonyl (C=O) groups excluding carboxylic acids is 1. The molecule has 0 fully saturated rings. The van der Waals surface area contributed by atoms with Crippen LogP contribution in [0.1, 0.15) is 53.0 Å². The van der Waals surface area contributed by atoms with Crippen molar-refractivity contribution in [3.05, 3.63) is 23.9 Å². The first-order valence-electron chi connectivity index (χ1n) is 10.3. The molecule has 0 saturated heterocycles. The molecule has 0 aliphatic rings. The van der Waals surface area contributed by atoms with Crippen molar-refractivity contribution in [3.63, 3.8) is 0 Å². The number of hydrogen-bond acceptors (Lipinski definition) is 4. The van der Waals surface area contributed by atoms with Gasteiger partial charge in [-0.2, -0.15) is 0 Å². The molecule has 0 aromatic carbocycles. The fraction of sp³-hybridized carbons (Fsp3) is 0.667. The van der Waals surface area contributed by atoms with E-state index in [4.69, 9.17) is 0 Å². The van der Waals surface area contributed by atoms with Gasteiger partial charge in [0.1, 0.15) is 5.82 Å². The predicted molar refractivity (Wildman–Crippen MR) is 133 cm³/mol.